The van der Waals surface area contributed by atoms with Gasteiger partial charge < -0.3 is 14.2 Å². The third-order valence-electron chi connectivity index (χ3n) is 10.1. The zero-order chi connectivity index (χ0) is 34.7. The average Bonchev–Trinajstić information content (AvgIpc) is 3.80. The van der Waals surface area contributed by atoms with Gasteiger partial charge in [-0.3, -0.25) is 14.7 Å². The van der Waals surface area contributed by atoms with E-state index in [9.17, 15) is 22.8 Å². The lowest BCUT2D eigenvalue weighted by molar-refractivity contribution is 0.104. The van der Waals surface area contributed by atoms with Gasteiger partial charge in [0.15, 0.2) is 0 Å². The van der Waals surface area contributed by atoms with E-state index in [0.29, 0.717) is 35.5 Å². The number of fused-ring (bicyclic) bond motifs is 6. The van der Waals surface area contributed by atoms with E-state index in [4.69, 9.17) is 24.4 Å². The summed E-state index contributed by atoms with van der Waals surface area (Å²) >= 11 is 0. The number of likely N-dealkylation sites (tertiary alicyclic amines) is 2. The minimum atomic E-state index is -3.94. The predicted octanol–water partition coefficient (Wildman–Crippen LogP) is 5.46. The standard InChI is InChI=1S/C34H36N6O8S/c1-33-17-19-37(30(41)46-2)28(33)40(49(4,44)45)27-24(33)14-10-15-25(27)35-36-34-18-20-38(31(42)47-3)29(34)39(26-16-9-8-13-23(26)34)32(43)48-21-22-11-6-5-7-12-22/h5-16,28-29H,17-21H2,1-4H3/b36-35+/t28?,29?,33-,34+/m1/s1. The Bertz CT molecular complexity index is 1980. The molecule has 3 aromatic carbocycles. The van der Waals surface area contributed by atoms with Gasteiger partial charge in [0.1, 0.15) is 30.2 Å². The van der Waals surface area contributed by atoms with E-state index in [0.717, 1.165) is 11.8 Å². The molecule has 49 heavy (non-hydrogen) atoms. The van der Waals surface area contributed by atoms with E-state index in [1.807, 2.05) is 55.5 Å². The first kappa shape index (κ1) is 32.4. The number of nitrogens with zero attached hydrogens (tertiary/aromatic N) is 6. The summed E-state index contributed by atoms with van der Waals surface area (Å²) in [7, 11) is -1.41. The van der Waals surface area contributed by atoms with E-state index in [-0.39, 0.29) is 25.3 Å². The number of methoxy groups -OCH3 is 2. The summed E-state index contributed by atoms with van der Waals surface area (Å²) in [5.41, 5.74) is 1.25. The largest absolute Gasteiger partial charge is 0.453 e. The Hall–Kier alpha value is -5.18. The SMILES string of the molecule is COC(=O)N1CC[C@]2(/N=N/c3cccc4c3N(S(C)(=O)=O)C3N(C(=O)OC)CC[C@]43C)c3ccccc3N(C(=O)OCc3ccccc3)C12. The second kappa shape index (κ2) is 11.8. The Kier molecular flexibility index (Phi) is 7.77. The number of carbonyl (C=O) groups is 3. The highest BCUT2D eigenvalue weighted by atomic mass is 32.2. The number of amides is 3. The monoisotopic (exact) mass is 688 g/mol. The van der Waals surface area contributed by atoms with Crippen molar-refractivity contribution in [3.63, 3.8) is 0 Å². The van der Waals surface area contributed by atoms with Gasteiger partial charge >= 0.3 is 18.3 Å². The molecule has 0 N–H and O–H groups in total. The molecular weight excluding hydrogens is 652 g/mol. The van der Waals surface area contributed by atoms with Crippen LogP contribution in [0, 0.1) is 0 Å². The van der Waals surface area contributed by atoms with Gasteiger partial charge in [0, 0.05) is 30.5 Å². The van der Waals surface area contributed by atoms with Gasteiger partial charge in [-0.05, 0) is 29.7 Å². The zero-order valence-corrected chi connectivity index (χ0v) is 28.3. The molecule has 0 aliphatic carbocycles. The molecule has 0 spiro atoms. The summed E-state index contributed by atoms with van der Waals surface area (Å²) in [6.07, 6.45) is -1.93. The number of azo groups is 1. The zero-order valence-electron chi connectivity index (χ0n) is 27.5. The van der Waals surface area contributed by atoms with Gasteiger partial charge in [0.2, 0.25) is 10.0 Å². The minimum absolute atomic E-state index is 0.0117. The van der Waals surface area contributed by atoms with Crippen LogP contribution >= 0.6 is 0 Å². The molecule has 4 aliphatic rings. The van der Waals surface area contributed by atoms with Crippen LogP contribution in [0.3, 0.4) is 0 Å². The lowest BCUT2D eigenvalue weighted by Crippen LogP contribution is -2.53. The number of para-hydroxylation sites is 2. The molecule has 0 aromatic heterocycles. The molecule has 0 bridgehead atoms. The van der Waals surface area contributed by atoms with Crippen molar-refractivity contribution >= 4 is 45.4 Å². The van der Waals surface area contributed by atoms with E-state index >= 15 is 0 Å². The Morgan fingerprint density at radius 2 is 1.45 bits per heavy atom. The molecule has 2 unspecified atom stereocenters. The number of anilines is 2. The van der Waals surface area contributed by atoms with E-state index in [1.54, 1.807) is 24.3 Å². The molecule has 14 nitrogen and oxygen atoms in total. The second-order valence-corrected chi connectivity index (χ2v) is 14.6. The molecular formula is C34H36N6O8S. The first-order valence-corrected chi connectivity index (χ1v) is 17.7. The Balaban J connectivity index is 1.33. The van der Waals surface area contributed by atoms with Crippen LogP contribution in [0.15, 0.2) is 83.0 Å². The fraction of sp³-hybridized carbons (Fsp3) is 0.382. The van der Waals surface area contributed by atoms with Crippen molar-refractivity contribution in [3.05, 3.63) is 89.5 Å². The highest BCUT2D eigenvalue weighted by Gasteiger charge is 2.63. The number of hydrogen-bond donors (Lipinski definition) is 0. The lowest BCUT2D eigenvalue weighted by Gasteiger charge is -2.34. The molecule has 4 atom stereocenters. The molecule has 4 heterocycles. The van der Waals surface area contributed by atoms with Crippen LogP contribution in [0.2, 0.25) is 0 Å². The Labute approximate surface area is 283 Å². The Morgan fingerprint density at radius 1 is 0.816 bits per heavy atom. The molecule has 256 valence electrons. The minimum Gasteiger partial charge on any atom is -0.453 e. The quantitative estimate of drug-likeness (QED) is 0.254. The van der Waals surface area contributed by atoms with Gasteiger partial charge in [-0.1, -0.05) is 67.6 Å². The van der Waals surface area contributed by atoms with Crippen LogP contribution in [-0.2, 0) is 41.8 Å². The summed E-state index contributed by atoms with van der Waals surface area (Å²) in [4.78, 5) is 44.2. The van der Waals surface area contributed by atoms with Gasteiger partial charge in [-0.2, -0.15) is 10.2 Å². The van der Waals surface area contributed by atoms with Crippen molar-refractivity contribution in [2.45, 2.75) is 49.7 Å². The average molecular weight is 689 g/mol. The number of rotatable bonds is 5. The van der Waals surface area contributed by atoms with Gasteiger partial charge in [0.05, 0.1) is 31.9 Å². The molecule has 2 fully saturated rings. The maximum atomic E-state index is 13.9. The van der Waals surface area contributed by atoms with Gasteiger partial charge in [-0.25, -0.2) is 27.1 Å². The topological polar surface area (TPSA) is 151 Å². The van der Waals surface area contributed by atoms with Crippen LogP contribution in [-0.4, -0.2) is 82.4 Å². The number of sulfonamides is 1. The van der Waals surface area contributed by atoms with E-state index < -0.39 is 51.6 Å². The fourth-order valence-electron chi connectivity index (χ4n) is 7.89. The predicted molar refractivity (Wildman–Crippen MR) is 178 cm³/mol. The van der Waals surface area contributed by atoms with E-state index in [2.05, 4.69) is 0 Å². The number of carbonyl (C=O) groups excluding carboxylic acids is 3. The summed E-state index contributed by atoms with van der Waals surface area (Å²) < 4.78 is 44.1. The van der Waals surface area contributed by atoms with Crippen molar-refractivity contribution in [1.82, 2.24) is 9.80 Å². The lowest BCUT2D eigenvalue weighted by atomic mass is 9.81. The third-order valence-corrected chi connectivity index (χ3v) is 11.2. The maximum Gasteiger partial charge on any atom is 0.416 e. The highest BCUT2D eigenvalue weighted by Crippen LogP contribution is 2.58. The van der Waals surface area contributed by atoms with Crippen molar-refractivity contribution in [1.29, 1.82) is 0 Å². The molecule has 7 rings (SSSR count). The molecule has 3 aromatic rings. The highest BCUT2D eigenvalue weighted by molar-refractivity contribution is 7.92. The second-order valence-electron chi connectivity index (χ2n) is 12.8. The Morgan fingerprint density at radius 3 is 2.14 bits per heavy atom. The van der Waals surface area contributed by atoms with E-state index in [1.165, 1.54) is 33.2 Å². The molecule has 0 saturated carbocycles. The number of ether oxygens (including phenoxy) is 3. The maximum absolute atomic E-state index is 13.9. The smallest absolute Gasteiger partial charge is 0.416 e. The fourth-order valence-corrected chi connectivity index (χ4v) is 9.12. The van der Waals surface area contributed by atoms with Crippen molar-refractivity contribution in [2.75, 3.05) is 42.8 Å². The third kappa shape index (κ3) is 4.89. The summed E-state index contributed by atoms with van der Waals surface area (Å²) in [5.74, 6) is 0. The van der Waals surface area contributed by atoms with Crippen LogP contribution in [0.5, 0.6) is 0 Å². The number of benzene rings is 3. The first-order valence-electron chi connectivity index (χ1n) is 15.8. The van der Waals surface area contributed by atoms with Crippen LogP contribution in [0.4, 0.5) is 31.4 Å². The molecule has 0 radical (unpaired) electrons. The summed E-state index contributed by atoms with van der Waals surface area (Å²) in [5, 5.41) is 9.66. The molecule has 3 amide bonds. The molecule has 2 saturated heterocycles. The van der Waals surface area contributed by atoms with Crippen molar-refractivity contribution in [3.8, 4) is 0 Å². The van der Waals surface area contributed by atoms with Gasteiger partial charge in [0.25, 0.3) is 0 Å². The van der Waals surface area contributed by atoms with Crippen LogP contribution < -0.4 is 9.21 Å². The van der Waals surface area contributed by atoms with Crippen LogP contribution in [0.1, 0.15) is 36.5 Å². The van der Waals surface area contributed by atoms with Crippen molar-refractivity contribution < 1.29 is 37.0 Å². The summed E-state index contributed by atoms with van der Waals surface area (Å²) in [6.45, 7) is 2.45. The molecule has 4 aliphatic heterocycles. The first-order chi connectivity index (χ1) is 23.5. The number of hydrogen-bond acceptors (Lipinski definition) is 10. The van der Waals surface area contributed by atoms with Crippen LogP contribution in [0.25, 0.3) is 0 Å². The van der Waals surface area contributed by atoms with Gasteiger partial charge in [-0.15, -0.1) is 0 Å². The molecule has 15 heteroatoms. The summed E-state index contributed by atoms with van der Waals surface area (Å²) in [6, 6.07) is 21.8. The van der Waals surface area contributed by atoms with Crippen molar-refractivity contribution in [2.24, 2.45) is 10.2 Å². The normalized spacial score (nSPS) is 25.2.